The lowest BCUT2D eigenvalue weighted by Crippen LogP contribution is -2.54. The zero-order chi connectivity index (χ0) is 16.4. The molecule has 0 N–H and O–H groups in total. The molecule has 8 heteroatoms. The number of nitriles is 1. The molecule has 1 atom stereocenters. The number of piperazine rings is 1. The maximum absolute atomic E-state index is 12.4. The minimum absolute atomic E-state index is 0.0209. The van der Waals surface area contributed by atoms with Crippen molar-refractivity contribution in [3.05, 3.63) is 34.0 Å². The molecule has 2 aromatic rings. The summed E-state index contributed by atoms with van der Waals surface area (Å²) < 4.78 is 0. The number of anilines is 1. The van der Waals surface area contributed by atoms with Crippen LogP contribution in [0.1, 0.15) is 28.8 Å². The third-order valence-electron chi connectivity index (χ3n) is 3.78. The summed E-state index contributed by atoms with van der Waals surface area (Å²) in [7, 11) is 0. The van der Waals surface area contributed by atoms with E-state index in [-0.39, 0.29) is 11.9 Å². The first kappa shape index (κ1) is 15.4. The number of aryl methyl sites for hydroxylation is 1. The van der Waals surface area contributed by atoms with Gasteiger partial charge < -0.3 is 9.80 Å². The Kier molecular flexibility index (Phi) is 4.21. The Morgan fingerprint density at radius 2 is 2.26 bits per heavy atom. The topological polar surface area (TPSA) is 86.0 Å². The molecule has 0 unspecified atom stereocenters. The molecule has 0 saturated carbocycles. The third kappa shape index (κ3) is 3.14. The predicted octanol–water partition coefficient (Wildman–Crippen LogP) is 1.46. The lowest BCUT2D eigenvalue weighted by molar-refractivity contribution is 0.0668. The smallest absolute Gasteiger partial charge is 0.273 e. The summed E-state index contributed by atoms with van der Waals surface area (Å²) >= 11 is 1.42. The number of amides is 1. The quantitative estimate of drug-likeness (QED) is 0.829. The van der Waals surface area contributed by atoms with E-state index >= 15 is 0 Å². The van der Waals surface area contributed by atoms with Crippen molar-refractivity contribution in [2.45, 2.75) is 19.9 Å². The molecule has 0 radical (unpaired) electrons. The Morgan fingerprint density at radius 3 is 2.91 bits per heavy atom. The highest BCUT2D eigenvalue weighted by Gasteiger charge is 2.30. The van der Waals surface area contributed by atoms with Crippen molar-refractivity contribution in [1.82, 2.24) is 19.9 Å². The van der Waals surface area contributed by atoms with Crippen LogP contribution in [0.15, 0.2) is 17.0 Å². The van der Waals surface area contributed by atoms with Crippen molar-refractivity contribution in [1.29, 1.82) is 5.26 Å². The molecule has 3 rings (SSSR count). The van der Waals surface area contributed by atoms with Crippen LogP contribution in [0.2, 0.25) is 0 Å². The van der Waals surface area contributed by atoms with Gasteiger partial charge in [0.25, 0.3) is 5.91 Å². The second kappa shape index (κ2) is 6.30. The molecule has 0 aromatic carbocycles. The third-order valence-corrected chi connectivity index (χ3v) is 4.37. The molecule has 1 aliphatic rings. The molecule has 0 bridgehead atoms. The van der Waals surface area contributed by atoms with E-state index in [2.05, 4.69) is 21.0 Å². The molecule has 3 heterocycles. The van der Waals surface area contributed by atoms with Gasteiger partial charge in [-0.15, -0.1) is 11.3 Å². The number of hydrogen-bond donors (Lipinski definition) is 0. The Morgan fingerprint density at radius 1 is 1.43 bits per heavy atom. The summed E-state index contributed by atoms with van der Waals surface area (Å²) in [5.41, 5.74) is 3.29. The number of rotatable bonds is 2. The Hall–Kier alpha value is -2.53. The van der Waals surface area contributed by atoms with E-state index in [4.69, 9.17) is 5.26 Å². The summed E-state index contributed by atoms with van der Waals surface area (Å²) in [6.45, 7) is 5.68. The second-order valence-electron chi connectivity index (χ2n) is 5.47. The standard InChI is InChI=1S/C15H16N6OS/c1-10-5-12(6-16)19-15(18-10)20-3-4-21(11(2)7-20)14(22)13-8-23-9-17-13/h5,8-9,11H,3-4,7H2,1-2H3/t11-/m0/s1. The van der Waals surface area contributed by atoms with Crippen molar-refractivity contribution in [2.75, 3.05) is 24.5 Å². The number of hydrogen-bond acceptors (Lipinski definition) is 7. The van der Waals surface area contributed by atoms with E-state index in [1.165, 1.54) is 11.3 Å². The van der Waals surface area contributed by atoms with Crippen LogP contribution in [0.4, 0.5) is 5.95 Å². The summed E-state index contributed by atoms with van der Waals surface area (Å²) in [6, 6.07) is 3.74. The lowest BCUT2D eigenvalue weighted by atomic mass is 10.2. The fourth-order valence-electron chi connectivity index (χ4n) is 2.66. The molecule has 118 valence electrons. The van der Waals surface area contributed by atoms with Crippen molar-refractivity contribution in [3.63, 3.8) is 0 Å². The van der Waals surface area contributed by atoms with Gasteiger partial charge in [-0.1, -0.05) is 0 Å². The average molecular weight is 328 g/mol. The summed E-state index contributed by atoms with van der Waals surface area (Å²) in [5, 5.41) is 10.8. The van der Waals surface area contributed by atoms with Gasteiger partial charge in [0.2, 0.25) is 5.95 Å². The summed E-state index contributed by atoms with van der Waals surface area (Å²) in [6.07, 6.45) is 0. The highest BCUT2D eigenvalue weighted by Crippen LogP contribution is 2.18. The predicted molar refractivity (Wildman–Crippen MR) is 86.3 cm³/mol. The zero-order valence-corrected chi connectivity index (χ0v) is 13.7. The molecule has 1 fully saturated rings. The average Bonchev–Trinajstić information content (AvgIpc) is 3.08. The highest BCUT2D eigenvalue weighted by molar-refractivity contribution is 7.07. The SMILES string of the molecule is Cc1cc(C#N)nc(N2CCN(C(=O)c3cscn3)[C@@H](C)C2)n1. The van der Waals surface area contributed by atoms with Crippen LogP contribution >= 0.6 is 11.3 Å². The van der Waals surface area contributed by atoms with Gasteiger partial charge in [-0.25, -0.2) is 15.0 Å². The molecule has 1 amide bonds. The van der Waals surface area contributed by atoms with Gasteiger partial charge in [0.05, 0.1) is 5.51 Å². The number of carbonyl (C=O) groups is 1. The molecule has 1 aliphatic heterocycles. The second-order valence-corrected chi connectivity index (χ2v) is 6.19. The van der Waals surface area contributed by atoms with E-state index in [9.17, 15) is 4.79 Å². The monoisotopic (exact) mass is 328 g/mol. The maximum Gasteiger partial charge on any atom is 0.273 e. The van der Waals surface area contributed by atoms with E-state index in [1.54, 1.807) is 17.0 Å². The molecule has 1 saturated heterocycles. The minimum atomic E-state index is -0.0405. The van der Waals surface area contributed by atoms with E-state index in [0.29, 0.717) is 37.0 Å². The van der Waals surface area contributed by atoms with Crippen LogP contribution in [0.3, 0.4) is 0 Å². The molecule has 7 nitrogen and oxygen atoms in total. The van der Waals surface area contributed by atoms with Crippen LogP contribution in [0, 0.1) is 18.3 Å². The van der Waals surface area contributed by atoms with Gasteiger partial charge in [0.15, 0.2) is 0 Å². The lowest BCUT2D eigenvalue weighted by Gasteiger charge is -2.39. The van der Waals surface area contributed by atoms with Crippen LogP contribution in [0.5, 0.6) is 0 Å². The number of carbonyl (C=O) groups excluding carboxylic acids is 1. The van der Waals surface area contributed by atoms with Gasteiger partial charge in [-0.05, 0) is 19.9 Å². The molecule has 23 heavy (non-hydrogen) atoms. The van der Waals surface area contributed by atoms with E-state index < -0.39 is 0 Å². The Balaban J connectivity index is 1.75. The van der Waals surface area contributed by atoms with E-state index in [1.807, 2.05) is 23.6 Å². The number of aromatic nitrogens is 3. The normalized spacial score (nSPS) is 17.9. The van der Waals surface area contributed by atoms with Crippen LogP contribution < -0.4 is 4.90 Å². The number of nitrogens with zero attached hydrogens (tertiary/aromatic N) is 6. The van der Waals surface area contributed by atoms with Crippen molar-refractivity contribution < 1.29 is 4.79 Å². The first-order valence-corrected chi connectivity index (χ1v) is 8.22. The highest BCUT2D eigenvalue weighted by atomic mass is 32.1. The van der Waals surface area contributed by atoms with Gasteiger partial charge in [0, 0.05) is 36.8 Å². The summed E-state index contributed by atoms with van der Waals surface area (Å²) in [5.74, 6) is 0.510. The number of thiazole rings is 1. The van der Waals surface area contributed by atoms with Crippen molar-refractivity contribution in [3.8, 4) is 6.07 Å². The fraction of sp³-hybridized carbons (Fsp3) is 0.400. The van der Waals surface area contributed by atoms with E-state index in [0.717, 1.165) is 5.69 Å². The molecule has 0 aliphatic carbocycles. The van der Waals surface area contributed by atoms with Crippen molar-refractivity contribution >= 4 is 23.2 Å². The Labute approximate surface area is 138 Å². The largest absolute Gasteiger partial charge is 0.337 e. The van der Waals surface area contributed by atoms with Gasteiger partial charge in [-0.2, -0.15) is 5.26 Å². The molecule has 2 aromatic heterocycles. The minimum Gasteiger partial charge on any atom is -0.337 e. The van der Waals surface area contributed by atoms with Gasteiger partial charge in [0.1, 0.15) is 17.5 Å². The first-order valence-electron chi connectivity index (χ1n) is 7.28. The molecule has 0 spiro atoms. The molecular weight excluding hydrogens is 312 g/mol. The van der Waals surface area contributed by atoms with Crippen LogP contribution in [-0.4, -0.2) is 51.4 Å². The zero-order valence-electron chi connectivity index (χ0n) is 12.9. The van der Waals surface area contributed by atoms with Gasteiger partial charge in [-0.3, -0.25) is 4.79 Å². The maximum atomic E-state index is 12.4. The molecular formula is C15H16N6OS. The van der Waals surface area contributed by atoms with Crippen LogP contribution in [-0.2, 0) is 0 Å². The summed E-state index contributed by atoms with van der Waals surface area (Å²) in [4.78, 5) is 29.1. The van der Waals surface area contributed by atoms with Crippen LogP contribution in [0.25, 0.3) is 0 Å². The Bertz CT molecular complexity index is 754. The van der Waals surface area contributed by atoms with Crippen molar-refractivity contribution in [2.24, 2.45) is 0 Å². The van der Waals surface area contributed by atoms with Gasteiger partial charge >= 0.3 is 0 Å². The first-order chi connectivity index (χ1) is 11.1. The fourth-order valence-corrected chi connectivity index (χ4v) is 3.18.